The van der Waals surface area contributed by atoms with E-state index in [-0.39, 0.29) is 17.6 Å². The van der Waals surface area contributed by atoms with E-state index in [1.165, 1.54) is 4.68 Å². The van der Waals surface area contributed by atoms with E-state index in [1.807, 2.05) is 0 Å². The molecule has 0 spiro atoms. The number of nitrogens with two attached hydrogens (primary N) is 1. The van der Waals surface area contributed by atoms with E-state index in [4.69, 9.17) is 10.5 Å². The molecule has 98 valence electrons. The molecule has 7 heteroatoms. The van der Waals surface area contributed by atoms with Crippen LogP contribution in [0.3, 0.4) is 0 Å². The maximum absolute atomic E-state index is 12.4. The van der Waals surface area contributed by atoms with E-state index < -0.39 is 12.3 Å². The van der Waals surface area contributed by atoms with Crippen LogP contribution in [0.2, 0.25) is 0 Å². The summed E-state index contributed by atoms with van der Waals surface area (Å²) in [4.78, 5) is 0. The third-order valence-corrected chi connectivity index (χ3v) is 2.32. The minimum Gasteiger partial charge on any atom is -0.464 e. The minimum atomic E-state index is -4.42. The van der Waals surface area contributed by atoms with Crippen molar-refractivity contribution < 1.29 is 17.9 Å². The number of ether oxygens (including phenoxy) is 1. The largest absolute Gasteiger partial charge is 0.464 e. The van der Waals surface area contributed by atoms with Crippen LogP contribution in [0.1, 0.15) is 32.5 Å². The van der Waals surface area contributed by atoms with E-state index >= 15 is 0 Å². The van der Waals surface area contributed by atoms with Gasteiger partial charge in [0.2, 0.25) is 5.88 Å². The molecule has 0 aliphatic heterocycles. The van der Waals surface area contributed by atoms with Crippen LogP contribution in [-0.2, 0) is 0 Å². The van der Waals surface area contributed by atoms with Crippen molar-refractivity contribution in [2.24, 2.45) is 0 Å². The summed E-state index contributed by atoms with van der Waals surface area (Å²) >= 11 is 0. The number of halogens is 3. The van der Waals surface area contributed by atoms with Crippen molar-refractivity contribution in [3.05, 3.63) is 5.69 Å². The molecule has 0 saturated heterocycles. The molecule has 0 aliphatic rings. The summed E-state index contributed by atoms with van der Waals surface area (Å²) in [6.07, 6.45) is -6.34. The van der Waals surface area contributed by atoms with E-state index in [9.17, 15) is 13.2 Å². The van der Waals surface area contributed by atoms with Crippen molar-refractivity contribution in [2.45, 2.75) is 46.0 Å². The van der Waals surface area contributed by atoms with Crippen LogP contribution in [-0.4, -0.2) is 22.1 Å². The summed E-state index contributed by atoms with van der Waals surface area (Å²) in [6.45, 7) is 6.14. The van der Waals surface area contributed by atoms with E-state index in [0.717, 1.165) is 6.92 Å². The molecule has 4 nitrogen and oxygen atoms in total. The number of hydrogen-bond donors (Lipinski definition) is 1. The molecule has 1 aromatic heterocycles. The average Bonchev–Trinajstić information content (AvgIpc) is 2.44. The minimum absolute atomic E-state index is 0.0256. The van der Waals surface area contributed by atoms with Gasteiger partial charge in [-0.05, 0) is 27.7 Å². The highest BCUT2D eigenvalue weighted by atomic mass is 19.4. The fourth-order valence-electron chi connectivity index (χ4n) is 1.24. The highest BCUT2D eigenvalue weighted by Crippen LogP contribution is 2.32. The number of anilines is 1. The van der Waals surface area contributed by atoms with Gasteiger partial charge in [-0.15, -0.1) is 0 Å². The predicted molar refractivity (Wildman–Crippen MR) is 57.9 cm³/mol. The van der Waals surface area contributed by atoms with Gasteiger partial charge in [0.15, 0.2) is 6.10 Å². The van der Waals surface area contributed by atoms with Crippen molar-refractivity contribution in [3.63, 3.8) is 0 Å². The monoisotopic (exact) mass is 251 g/mol. The molecule has 2 N–H and O–H groups in total. The zero-order valence-corrected chi connectivity index (χ0v) is 10.2. The van der Waals surface area contributed by atoms with Gasteiger partial charge in [-0.2, -0.15) is 18.3 Å². The Morgan fingerprint density at radius 2 is 1.82 bits per heavy atom. The van der Waals surface area contributed by atoms with Gasteiger partial charge in [-0.25, -0.2) is 4.68 Å². The van der Waals surface area contributed by atoms with Crippen molar-refractivity contribution in [3.8, 4) is 5.88 Å². The quantitative estimate of drug-likeness (QED) is 0.898. The molecule has 1 heterocycles. The SMILES string of the molecule is Cc1nn(C(C)C)c(OC(C)C(F)(F)F)c1N. The molecule has 1 unspecified atom stereocenters. The lowest BCUT2D eigenvalue weighted by Crippen LogP contribution is -2.32. The first-order valence-electron chi connectivity index (χ1n) is 5.22. The lowest BCUT2D eigenvalue weighted by atomic mass is 10.3. The summed E-state index contributed by atoms with van der Waals surface area (Å²) in [5.74, 6) is -0.0256. The molecule has 1 rings (SSSR count). The van der Waals surface area contributed by atoms with Crippen molar-refractivity contribution in [2.75, 3.05) is 5.73 Å². The highest BCUT2D eigenvalue weighted by molar-refractivity contribution is 5.52. The van der Waals surface area contributed by atoms with Crippen LogP contribution in [0.5, 0.6) is 5.88 Å². The Balaban J connectivity index is 3.05. The topological polar surface area (TPSA) is 53.1 Å². The molecule has 1 aromatic rings. The van der Waals surface area contributed by atoms with Gasteiger partial charge in [0.05, 0.1) is 11.7 Å². The summed E-state index contributed by atoms with van der Waals surface area (Å²) in [5, 5.41) is 4.04. The Labute approximate surface area is 97.5 Å². The highest BCUT2D eigenvalue weighted by Gasteiger charge is 2.39. The van der Waals surface area contributed by atoms with Crippen LogP contribution < -0.4 is 10.5 Å². The number of hydrogen-bond acceptors (Lipinski definition) is 3. The average molecular weight is 251 g/mol. The van der Waals surface area contributed by atoms with Crippen molar-refractivity contribution in [1.29, 1.82) is 0 Å². The predicted octanol–water partition coefficient (Wildman–Crippen LogP) is 2.68. The van der Waals surface area contributed by atoms with Crippen LogP contribution in [0, 0.1) is 6.92 Å². The van der Waals surface area contributed by atoms with Crippen LogP contribution in [0.4, 0.5) is 18.9 Å². The maximum Gasteiger partial charge on any atom is 0.425 e. The Morgan fingerprint density at radius 1 is 1.29 bits per heavy atom. The van der Waals surface area contributed by atoms with Gasteiger partial charge in [0.25, 0.3) is 0 Å². The second-order valence-electron chi connectivity index (χ2n) is 4.14. The molecular formula is C10H16F3N3O. The fourth-order valence-corrected chi connectivity index (χ4v) is 1.24. The fraction of sp³-hybridized carbons (Fsp3) is 0.700. The smallest absolute Gasteiger partial charge is 0.425 e. The number of nitrogens with zero attached hydrogens (tertiary/aromatic N) is 2. The number of alkyl halides is 3. The molecule has 1 atom stereocenters. The molecule has 0 bridgehead atoms. The molecule has 0 aliphatic carbocycles. The standard InChI is InChI=1S/C10H16F3N3O/c1-5(2)16-9(8(14)6(3)15-16)17-7(4)10(11,12)13/h5,7H,14H2,1-4H3. The Hall–Kier alpha value is -1.40. The van der Waals surface area contributed by atoms with Gasteiger partial charge < -0.3 is 10.5 Å². The van der Waals surface area contributed by atoms with Gasteiger partial charge in [0.1, 0.15) is 5.69 Å². The van der Waals surface area contributed by atoms with Crippen molar-refractivity contribution >= 4 is 5.69 Å². The number of nitrogen functional groups attached to an aromatic ring is 1. The third kappa shape index (κ3) is 2.83. The molecule has 0 fully saturated rings. The van der Waals surface area contributed by atoms with E-state index in [2.05, 4.69) is 5.10 Å². The second kappa shape index (κ2) is 4.46. The molecule has 0 radical (unpaired) electrons. The summed E-state index contributed by atoms with van der Waals surface area (Å²) in [7, 11) is 0. The molecule has 0 amide bonds. The first kappa shape index (κ1) is 13.7. The Morgan fingerprint density at radius 3 is 2.24 bits per heavy atom. The molecular weight excluding hydrogens is 235 g/mol. The molecule has 17 heavy (non-hydrogen) atoms. The Bertz CT molecular complexity index is 398. The normalized spacial score (nSPS) is 14.1. The van der Waals surface area contributed by atoms with Crippen molar-refractivity contribution in [1.82, 2.24) is 9.78 Å². The summed E-state index contributed by atoms with van der Waals surface area (Å²) < 4.78 is 43.5. The third-order valence-electron chi connectivity index (χ3n) is 2.32. The van der Waals surface area contributed by atoms with E-state index in [1.54, 1.807) is 20.8 Å². The van der Waals surface area contributed by atoms with Crippen LogP contribution >= 0.6 is 0 Å². The molecule has 0 aromatic carbocycles. The van der Waals surface area contributed by atoms with Gasteiger partial charge in [0, 0.05) is 0 Å². The Kier molecular flexibility index (Phi) is 3.59. The lowest BCUT2D eigenvalue weighted by molar-refractivity contribution is -0.190. The van der Waals surface area contributed by atoms with E-state index in [0.29, 0.717) is 5.69 Å². The lowest BCUT2D eigenvalue weighted by Gasteiger charge is -2.19. The first-order chi connectivity index (χ1) is 7.64. The summed E-state index contributed by atoms with van der Waals surface area (Å²) in [6, 6.07) is -0.124. The van der Waals surface area contributed by atoms with Gasteiger partial charge in [-0.3, -0.25) is 0 Å². The van der Waals surface area contributed by atoms with Crippen LogP contribution in [0.25, 0.3) is 0 Å². The zero-order chi connectivity index (χ0) is 13.4. The molecule has 0 saturated carbocycles. The summed E-state index contributed by atoms with van der Waals surface area (Å²) in [5.41, 5.74) is 6.27. The number of aryl methyl sites for hydroxylation is 1. The van der Waals surface area contributed by atoms with Gasteiger partial charge in [-0.1, -0.05) is 0 Å². The first-order valence-corrected chi connectivity index (χ1v) is 5.22. The maximum atomic E-state index is 12.4. The van der Waals surface area contributed by atoms with Gasteiger partial charge >= 0.3 is 6.18 Å². The number of rotatable bonds is 3. The zero-order valence-electron chi connectivity index (χ0n) is 10.2. The number of aromatic nitrogens is 2. The van der Waals surface area contributed by atoms with Crippen LogP contribution in [0.15, 0.2) is 0 Å². The second-order valence-corrected chi connectivity index (χ2v) is 4.14.